The van der Waals surface area contributed by atoms with E-state index in [4.69, 9.17) is 4.98 Å². The predicted octanol–water partition coefficient (Wildman–Crippen LogP) is 2.16. The highest BCUT2D eigenvalue weighted by Crippen LogP contribution is 2.33. The number of aryl methyl sites for hydroxylation is 1. The first-order valence-corrected chi connectivity index (χ1v) is 9.96. The maximum absolute atomic E-state index is 12.3. The van der Waals surface area contributed by atoms with Crippen molar-refractivity contribution in [3.05, 3.63) is 41.5 Å². The van der Waals surface area contributed by atoms with Gasteiger partial charge in [0.15, 0.2) is 0 Å². The van der Waals surface area contributed by atoms with Crippen molar-refractivity contribution in [2.45, 2.75) is 71.1 Å². The highest BCUT2D eigenvalue weighted by atomic mass is 16.1. The van der Waals surface area contributed by atoms with Crippen molar-refractivity contribution < 1.29 is 4.79 Å². The molecular formula is C20H28N6O. The minimum Gasteiger partial charge on any atom is -0.350 e. The number of hydrogen-bond acceptors (Lipinski definition) is 5. The van der Waals surface area contributed by atoms with Crippen LogP contribution in [0.15, 0.2) is 18.6 Å². The number of carbonyl (C=O) groups excluding carboxylic acids is 1. The fourth-order valence-electron chi connectivity index (χ4n) is 4.31. The zero-order valence-electron chi connectivity index (χ0n) is 16.2. The van der Waals surface area contributed by atoms with E-state index in [2.05, 4.69) is 31.7 Å². The number of imidazole rings is 1. The maximum atomic E-state index is 12.3. The first kappa shape index (κ1) is 18.1. The number of hydrogen-bond donors (Lipinski definition) is 1. The first-order chi connectivity index (χ1) is 13.1. The molecule has 2 aromatic rings. The zero-order chi connectivity index (χ0) is 18.8. The van der Waals surface area contributed by atoms with Gasteiger partial charge in [-0.15, -0.1) is 0 Å². The molecule has 0 spiro atoms. The van der Waals surface area contributed by atoms with Gasteiger partial charge < -0.3 is 9.88 Å². The number of aromatic nitrogens is 4. The van der Waals surface area contributed by atoms with Crippen molar-refractivity contribution in [3.63, 3.8) is 0 Å². The molecule has 0 bridgehead atoms. The van der Waals surface area contributed by atoms with Gasteiger partial charge in [0.1, 0.15) is 5.82 Å². The average Bonchev–Trinajstić information content (AvgIpc) is 3.31. The summed E-state index contributed by atoms with van der Waals surface area (Å²) in [6.45, 7) is 6.57. The maximum Gasteiger partial charge on any atom is 0.226 e. The van der Waals surface area contributed by atoms with Crippen molar-refractivity contribution in [2.24, 2.45) is 0 Å². The third-order valence-electron chi connectivity index (χ3n) is 5.76. The van der Waals surface area contributed by atoms with Crippen LogP contribution in [0.25, 0.3) is 0 Å². The molecule has 1 aliphatic heterocycles. The van der Waals surface area contributed by atoms with Gasteiger partial charge in [-0.05, 0) is 26.7 Å². The quantitative estimate of drug-likeness (QED) is 0.875. The molecule has 144 valence electrons. The molecular weight excluding hydrogens is 340 g/mol. The average molecular weight is 368 g/mol. The summed E-state index contributed by atoms with van der Waals surface area (Å²) in [6.07, 6.45) is 11.1. The molecule has 0 radical (unpaired) electrons. The number of carbonyl (C=O) groups is 1. The number of nitrogens with zero attached hydrogens (tertiary/aromatic N) is 5. The molecule has 4 rings (SSSR count). The highest BCUT2D eigenvalue weighted by molar-refractivity contribution is 5.78. The summed E-state index contributed by atoms with van der Waals surface area (Å²) in [7, 11) is 0. The Balaban J connectivity index is 1.36. The molecule has 27 heavy (non-hydrogen) atoms. The lowest BCUT2D eigenvalue weighted by Crippen LogP contribution is -2.42. The van der Waals surface area contributed by atoms with Crippen LogP contribution in [0.2, 0.25) is 0 Å². The Kier molecular flexibility index (Phi) is 5.20. The summed E-state index contributed by atoms with van der Waals surface area (Å²) < 4.78 is 2.23. The van der Waals surface area contributed by atoms with Gasteiger partial charge in [-0.3, -0.25) is 19.7 Å². The zero-order valence-corrected chi connectivity index (χ0v) is 16.2. The topological polar surface area (TPSA) is 75.9 Å². The SMILES string of the molecule is Cc1cnc(CNC(=O)Cc2cn3c(n2)[C@H](C)N(C2CCCC2)CC3)cn1. The van der Waals surface area contributed by atoms with Crippen LogP contribution in [0.1, 0.15) is 61.6 Å². The molecule has 0 saturated heterocycles. The van der Waals surface area contributed by atoms with Crippen molar-refractivity contribution >= 4 is 5.91 Å². The summed E-state index contributed by atoms with van der Waals surface area (Å²) >= 11 is 0. The molecule has 2 aliphatic rings. The Morgan fingerprint density at radius 1 is 1.19 bits per heavy atom. The second-order valence-electron chi connectivity index (χ2n) is 7.74. The molecule has 1 atom stereocenters. The first-order valence-electron chi connectivity index (χ1n) is 9.96. The lowest BCUT2D eigenvalue weighted by molar-refractivity contribution is -0.120. The van der Waals surface area contributed by atoms with Gasteiger partial charge >= 0.3 is 0 Å². The molecule has 1 amide bonds. The molecule has 0 aromatic carbocycles. The van der Waals surface area contributed by atoms with Gasteiger partial charge in [0.2, 0.25) is 5.91 Å². The van der Waals surface area contributed by atoms with Gasteiger partial charge in [0.25, 0.3) is 0 Å². The van der Waals surface area contributed by atoms with Crippen LogP contribution < -0.4 is 5.32 Å². The standard InChI is InChI=1S/C20H28N6O/c1-14-10-22-17(11-21-14)12-23-19(27)9-16-13-25-7-8-26(15(2)20(25)24-16)18-5-3-4-6-18/h10-11,13,15,18H,3-9,12H2,1-2H3,(H,23,27)/t15-/m0/s1. The summed E-state index contributed by atoms with van der Waals surface area (Å²) in [6, 6.07) is 1.02. The lowest BCUT2D eigenvalue weighted by Gasteiger charge is -2.38. The summed E-state index contributed by atoms with van der Waals surface area (Å²) in [5, 5.41) is 2.91. The molecule has 3 heterocycles. The Hall–Kier alpha value is -2.28. The van der Waals surface area contributed by atoms with Crippen LogP contribution in [0.5, 0.6) is 0 Å². The summed E-state index contributed by atoms with van der Waals surface area (Å²) in [4.78, 5) is 28.2. The minimum absolute atomic E-state index is 0.0341. The molecule has 1 saturated carbocycles. The van der Waals surface area contributed by atoms with E-state index < -0.39 is 0 Å². The van der Waals surface area contributed by atoms with E-state index >= 15 is 0 Å². The van der Waals surface area contributed by atoms with Gasteiger partial charge in [-0.1, -0.05) is 12.8 Å². The smallest absolute Gasteiger partial charge is 0.226 e. The van der Waals surface area contributed by atoms with Crippen LogP contribution in [0, 0.1) is 6.92 Å². The van der Waals surface area contributed by atoms with E-state index in [0.717, 1.165) is 36.0 Å². The number of rotatable bonds is 5. The third kappa shape index (κ3) is 4.03. The normalized spacial score (nSPS) is 20.6. The number of nitrogens with one attached hydrogen (secondary N) is 1. The van der Waals surface area contributed by atoms with E-state index in [1.165, 1.54) is 25.7 Å². The molecule has 2 aromatic heterocycles. The molecule has 1 N–H and O–H groups in total. The van der Waals surface area contributed by atoms with Crippen LogP contribution in [0.4, 0.5) is 0 Å². The molecule has 1 fully saturated rings. The molecule has 0 unspecified atom stereocenters. The Morgan fingerprint density at radius 3 is 2.74 bits per heavy atom. The van der Waals surface area contributed by atoms with E-state index in [9.17, 15) is 4.79 Å². The van der Waals surface area contributed by atoms with Gasteiger partial charge in [-0.2, -0.15) is 0 Å². The van der Waals surface area contributed by atoms with E-state index in [0.29, 0.717) is 25.0 Å². The van der Waals surface area contributed by atoms with Gasteiger partial charge in [0, 0.05) is 31.5 Å². The van der Waals surface area contributed by atoms with Crippen LogP contribution in [-0.4, -0.2) is 42.9 Å². The summed E-state index contributed by atoms with van der Waals surface area (Å²) in [5.74, 6) is 1.06. The van der Waals surface area contributed by atoms with Crippen molar-refractivity contribution in [2.75, 3.05) is 6.54 Å². The van der Waals surface area contributed by atoms with Crippen molar-refractivity contribution in [1.29, 1.82) is 0 Å². The number of amides is 1. The number of fused-ring (bicyclic) bond motifs is 1. The minimum atomic E-state index is -0.0341. The van der Waals surface area contributed by atoms with Gasteiger partial charge in [0.05, 0.1) is 42.3 Å². The second-order valence-corrected chi connectivity index (χ2v) is 7.74. The van der Waals surface area contributed by atoms with Gasteiger partial charge in [-0.25, -0.2) is 4.98 Å². The monoisotopic (exact) mass is 368 g/mol. The van der Waals surface area contributed by atoms with Crippen LogP contribution in [0.3, 0.4) is 0 Å². The second kappa shape index (κ2) is 7.76. The van der Waals surface area contributed by atoms with E-state index in [1.54, 1.807) is 12.4 Å². The van der Waals surface area contributed by atoms with Crippen LogP contribution >= 0.6 is 0 Å². The fraction of sp³-hybridized carbons (Fsp3) is 0.600. The largest absolute Gasteiger partial charge is 0.350 e. The van der Waals surface area contributed by atoms with Crippen molar-refractivity contribution in [3.8, 4) is 0 Å². The molecule has 7 heteroatoms. The fourth-order valence-corrected chi connectivity index (χ4v) is 4.31. The van der Waals surface area contributed by atoms with Crippen molar-refractivity contribution in [1.82, 2.24) is 29.7 Å². The molecule has 7 nitrogen and oxygen atoms in total. The highest BCUT2D eigenvalue weighted by Gasteiger charge is 2.32. The lowest BCUT2D eigenvalue weighted by atomic mass is 10.1. The summed E-state index contributed by atoms with van der Waals surface area (Å²) in [5.41, 5.74) is 2.48. The van der Waals surface area contributed by atoms with Crippen LogP contribution in [-0.2, 0) is 24.3 Å². The van der Waals surface area contributed by atoms with E-state index in [1.807, 2.05) is 13.1 Å². The Labute approximate surface area is 160 Å². The third-order valence-corrected chi connectivity index (χ3v) is 5.76. The Morgan fingerprint density at radius 2 is 2.00 bits per heavy atom. The predicted molar refractivity (Wildman–Crippen MR) is 102 cm³/mol. The van der Waals surface area contributed by atoms with E-state index in [-0.39, 0.29) is 5.91 Å². The molecule has 1 aliphatic carbocycles. The Bertz CT molecular complexity index is 793.